The van der Waals surface area contributed by atoms with Gasteiger partial charge in [0.05, 0.1) is 18.9 Å². The summed E-state index contributed by atoms with van der Waals surface area (Å²) in [6, 6.07) is 19.1. The average Bonchev–Trinajstić information content (AvgIpc) is 2.90. The Hall–Kier alpha value is -4.70. The van der Waals surface area contributed by atoms with Crippen LogP contribution in [0.2, 0.25) is 0 Å². The monoisotopic (exact) mass is 484 g/mol. The fraction of sp³-hybridized carbons (Fsp3) is 0.154. The summed E-state index contributed by atoms with van der Waals surface area (Å²) >= 11 is 0. The van der Waals surface area contributed by atoms with Gasteiger partial charge in [0.25, 0.3) is 5.91 Å². The molecule has 0 atom stereocenters. The molecule has 2 aromatic heterocycles. The van der Waals surface area contributed by atoms with Gasteiger partial charge in [0.15, 0.2) is 0 Å². The van der Waals surface area contributed by atoms with Crippen molar-refractivity contribution in [2.24, 2.45) is 0 Å². The van der Waals surface area contributed by atoms with E-state index in [-0.39, 0.29) is 17.6 Å². The number of carbonyl (C=O) groups is 1. The summed E-state index contributed by atoms with van der Waals surface area (Å²) in [5, 5.41) is 12.7. The van der Waals surface area contributed by atoms with Gasteiger partial charge in [-0.2, -0.15) is 4.98 Å². The van der Waals surface area contributed by atoms with Crippen molar-refractivity contribution < 1.29 is 19.4 Å². The summed E-state index contributed by atoms with van der Waals surface area (Å²) in [6.45, 7) is 2.16. The highest BCUT2D eigenvalue weighted by Gasteiger charge is 2.20. The maximum atomic E-state index is 12.7. The van der Waals surface area contributed by atoms with Gasteiger partial charge in [-0.05, 0) is 54.6 Å². The molecule has 4 N–H and O–H groups in total. The second-order valence-corrected chi connectivity index (χ2v) is 8.08. The Morgan fingerprint density at radius 2 is 1.72 bits per heavy atom. The van der Waals surface area contributed by atoms with Crippen LogP contribution in [0, 0.1) is 0 Å². The van der Waals surface area contributed by atoms with E-state index < -0.39 is 0 Å². The smallest absolute Gasteiger partial charge is 0.272 e. The molecule has 10 heteroatoms. The predicted molar refractivity (Wildman–Crippen MR) is 134 cm³/mol. The van der Waals surface area contributed by atoms with Gasteiger partial charge in [0, 0.05) is 42.7 Å². The lowest BCUT2D eigenvalue weighted by Gasteiger charge is -2.26. The largest absolute Gasteiger partial charge is 0.508 e. The van der Waals surface area contributed by atoms with Gasteiger partial charge in [-0.25, -0.2) is 4.98 Å². The number of aromatic nitrogens is 3. The van der Waals surface area contributed by atoms with E-state index in [1.807, 2.05) is 12.1 Å². The maximum absolute atomic E-state index is 12.7. The molecular weight excluding hydrogens is 460 g/mol. The zero-order valence-electron chi connectivity index (χ0n) is 19.3. The zero-order chi connectivity index (χ0) is 24.9. The Labute approximate surface area is 207 Å². The molecule has 182 valence electrons. The molecule has 5 rings (SSSR count). The van der Waals surface area contributed by atoms with Crippen molar-refractivity contribution in [3.63, 3.8) is 0 Å². The first-order chi connectivity index (χ1) is 17.5. The summed E-state index contributed by atoms with van der Waals surface area (Å²) in [5.41, 5.74) is 8.44. The first kappa shape index (κ1) is 23.1. The molecule has 0 aliphatic carbocycles. The molecule has 10 nitrogen and oxygen atoms in total. The number of phenols is 1. The van der Waals surface area contributed by atoms with Crippen LogP contribution in [0.1, 0.15) is 10.5 Å². The van der Waals surface area contributed by atoms with Crippen LogP contribution in [-0.4, -0.2) is 57.2 Å². The van der Waals surface area contributed by atoms with E-state index in [0.717, 1.165) is 11.3 Å². The molecule has 0 unspecified atom stereocenters. The Kier molecular flexibility index (Phi) is 6.59. The highest BCUT2D eigenvalue weighted by molar-refractivity contribution is 5.92. The van der Waals surface area contributed by atoms with Crippen LogP contribution in [-0.2, 0) is 4.74 Å². The number of pyridine rings is 1. The molecule has 0 saturated carbocycles. The van der Waals surface area contributed by atoms with Crippen molar-refractivity contribution >= 4 is 23.4 Å². The van der Waals surface area contributed by atoms with E-state index in [0.29, 0.717) is 55.0 Å². The number of nitrogens with two attached hydrogens (primary N) is 1. The highest BCUT2D eigenvalue weighted by Crippen LogP contribution is 2.27. The third-order valence-corrected chi connectivity index (χ3v) is 5.52. The molecule has 0 radical (unpaired) electrons. The fourth-order valence-corrected chi connectivity index (χ4v) is 3.72. The second kappa shape index (κ2) is 10.3. The van der Waals surface area contributed by atoms with Crippen molar-refractivity contribution in [2.75, 3.05) is 37.4 Å². The minimum atomic E-state index is -0.140. The number of amides is 1. The van der Waals surface area contributed by atoms with Crippen molar-refractivity contribution in [3.8, 4) is 28.5 Å². The number of aromatic hydroxyl groups is 1. The first-order valence-corrected chi connectivity index (χ1v) is 11.4. The van der Waals surface area contributed by atoms with E-state index in [9.17, 15) is 9.90 Å². The zero-order valence-corrected chi connectivity index (χ0v) is 19.3. The van der Waals surface area contributed by atoms with E-state index in [1.165, 1.54) is 0 Å². The number of hydrogen-bond donors (Lipinski definition) is 3. The van der Waals surface area contributed by atoms with E-state index >= 15 is 0 Å². The van der Waals surface area contributed by atoms with E-state index in [4.69, 9.17) is 15.2 Å². The lowest BCUT2D eigenvalue weighted by Crippen LogP contribution is -2.41. The van der Waals surface area contributed by atoms with Gasteiger partial charge in [0.1, 0.15) is 28.8 Å². The van der Waals surface area contributed by atoms with Crippen LogP contribution in [0.3, 0.4) is 0 Å². The molecule has 1 aliphatic heterocycles. The van der Waals surface area contributed by atoms with Crippen LogP contribution >= 0.6 is 0 Å². The number of nitrogens with zero attached hydrogens (tertiary/aromatic N) is 4. The van der Waals surface area contributed by atoms with E-state index in [1.54, 1.807) is 65.7 Å². The molecular formula is C26H24N6O4. The molecule has 0 spiro atoms. The summed E-state index contributed by atoms with van der Waals surface area (Å²) in [5.74, 6) is 1.81. The van der Waals surface area contributed by atoms with Gasteiger partial charge < -0.3 is 30.5 Å². The third kappa shape index (κ3) is 5.50. The van der Waals surface area contributed by atoms with Crippen molar-refractivity contribution in [2.45, 2.75) is 0 Å². The van der Waals surface area contributed by atoms with Gasteiger partial charge in [-0.15, -0.1) is 0 Å². The molecule has 4 aromatic rings. The van der Waals surface area contributed by atoms with Crippen molar-refractivity contribution in [1.29, 1.82) is 0 Å². The Bertz CT molecular complexity index is 1360. The second-order valence-electron chi connectivity index (χ2n) is 8.08. The van der Waals surface area contributed by atoms with Gasteiger partial charge >= 0.3 is 0 Å². The van der Waals surface area contributed by atoms with Gasteiger partial charge in [-0.1, -0.05) is 0 Å². The number of nitrogens with one attached hydrogen (secondary N) is 1. The van der Waals surface area contributed by atoms with Crippen LogP contribution in [0.4, 0.5) is 17.5 Å². The number of carbonyl (C=O) groups excluding carboxylic acids is 1. The SMILES string of the molecule is Nc1nc(Nc2ccc(Oc3ccnc(C(=O)N4CCOCC4)c3)cc2)cc(-c2ccc(O)cc2)n1. The Morgan fingerprint density at radius 1 is 0.972 bits per heavy atom. The summed E-state index contributed by atoms with van der Waals surface area (Å²) < 4.78 is 11.2. The molecule has 1 amide bonds. The Balaban J connectivity index is 1.26. The lowest BCUT2D eigenvalue weighted by atomic mass is 10.1. The molecule has 36 heavy (non-hydrogen) atoms. The lowest BCUT2D eigenvalue weighted by molar-refractivity contribution is 0.0299. The topological polar surface area (TPSA) is 136 Å². The summed E-state index contributed by atoms with van der Waals surface area (Å²) in [6.07, 6.45) is 1.56. The number of benzene rings is 2. The van der Waals surface area contributed by atoms with Gasteiger partial charge in [0.2, 0.25) is 5.95 Å². The molecule has 1 fully saturated rings. The third-order valence-electron chi connectivity index (χ3n) is 5.52. The Morgan fingerprint density at radius 3 is 2.47 bits per heavy atom. The number of nitrogen functional groups attached to an aromatic ring is 1. The molecule has 1 aliphatic rings. The first-order valence-electron chi connectivity index (χ1n) is 11.4. The maximum Gasteiger partial charge on any atom is 0.272 e. The normalized spacial score (nSPS) is 13.3. The number of ether oxygens (including phenoxy) is 2. The molecule has 0 bridgehead atoms. The molecule has 3 heterocycles. The van der Waals surface area contributed by atoms with Crippen LogP contribution < -0.4 is 15.8 Å². The summed E-state index contributed by atoms with van der Waals surface area (Å²) in [4.78, 5) is 27.1. The number of rotatable bonds is 6. The van der Waals surface area contributed by atoms with Crippen LogP contribution in [0.5, 0.6) is 17.2 Å². The molecule has 1 saturated heterocycles. The quantitative estimate of drug-likeness (QED) is 0.373. The minimum Gasteiger partial charge on any atom is -0.508 e. The average molecular weight is 485 g/mol. The number of phenolic OH excluding ortho intramolecular Hbond substituents is 1. The van der Waals surface area contributed by atoms with Crippen molar-refractivity contribution in [1.82, 2.24) is 19.9 Å². The number of morpholine rings is 1. The summed E-state index contributed by atoms with van der Waals surface area (Å²) in [7, 11) is 0. The van der Waals surface area contributed by atoms with E-state index in [2.05, 4.69) is 20.3 Å². The standard InChI is InChI=1S/C26H24N6O4/c27-26-30-22(17-1-5-19(33)6-2-17)16-24(31-26)29-18-3-7-20(8-4-18)36-21-9-10-28-23(15-21)25(34)32-11-13-35-14-12-32/h1-10,15-16,33H,11-14H2,(H3,27,29,30,31). The minimum absolute atomic E-state index is 0.128. The van der Waals surface area contributed by atoms with Gasteiger partial charge in [-0.3, -0.25) is 9.78 Å². The number of hydrogen-bond acceptors (Lipinski definition) is 9. The number of anilines is 3. The highest BCUT2D eigenvalue weighted by atomic mass is 16.5. The van der Waals surface area contributed by atoms with Crippen molar-refractivity contribution in [3.05, 3.63) is 78.6 Å². The fourth-order valence-electron chi connectivity index (χ4n) is 3.72. The van der Waals surface area contributed by atoms with Crippen LogP contribution in [0.15, 0.2) is 72.9 Å². The predicted octanol–water partition coefficient (Wildman–Crippen LogP) is 3.83. The molecule has 2 aromatic carbocycles. The van der Waals surface area contributed by atoms with Crippen LogP contribution in [0.25, 0.3) is 11.3 Å².